The molecule has 0 aliphatic carbocycles. The molecule has 1 aliphatic rings. The Kier molecular flexibility index (Phi) is 3.94. The first-order chi connectivity index (χ1) is 6.15. The summed E-state index contributed by atoms with van der Waals surface area (Å²) in [4.78, 5) is 2.57. The molecular weight excluding hydrogens is 160 g/mol. The molecule has 0 saturated carbocycles. The van der Waals surface area contributed by atoms with Crippen molar-refractivity contribution < 1.29 is 0 Å². The van der Waals surface area contributed by atoms with Gasteiger partial charge in [0.25, 0.3) is 0 Å². The van der Waals surface area contributed by atoms with Crippen LogP contribution in [0.4, 0.5) is 0 Å². The van der Waals surface area contributed by atoms with Gasteiger partial charge in [0, 0.05) is 31.2 Å². The van der Waals surface area contributed by atoms with Crippen molar-refractivity contribution in [2.24, 2.45) is 0 Å². The lowest BCUT2D eigenvalue weighted by molar-refractivity contribution is 0.104. The van der Waals surface area contributed by atoms with E-state index >= 15 is 0 Å². The second-order valence-electron chi connectivity index (χ2n) is 4.23. The summed E-state index contributed by atoms with van der Waals surface area (Å²) in [5.74, 6) is 0. The van der Waals surface area contributed by atoms with Gasteiger partial charge < -0.3 is 5.32 Å². The van der Waals surface area contributed by atoms with Crippen LogP contribution in [0.1, 0.15) is 27.2 Å². The smallest absolute Gasteiger partial charge is 0.0196 e. The molecule has 3 unspecified atom stereocenters. The fraction of sp³-hybridized carbons (Fsp3) is 0.818. The number of hydrogen-bond acceptors (Lipinski definition) is 2. The molecule has 0 amide bonds. The molecule has 76 valence electrons. The minimum atomic E-state index is 0.628. The Hall–Kier alpha value is -0.340. The maximum atomic E-state index is 3.80. The van der Waals surface area contributed by atoms with E-state index in [9.17, 15) is 0 Å². The van der Waals surface area contributed by atoms with E-state index in [1.807, 2.05) is 6.08 Å². The molecule has 13 heavy (non-hydrogen) atoms. The molecule has 1 rings (SSSR count). The maximum Gasteiger partial charge on any atom is 0.0196 e. The van der Waals surface area contributed by atoms with Crippen molar-refractivity contribution in [3.05, 3.63) is 12.7 Å². The maximum absolute atomic E-state index is 3.80. The number of nitrogens with one attached hydrogen (secondary N) is 1. The van der Waals surface area contributed by atoms with Crippen LogP contribution in [0.25, 0.3) is 0 Å². The van der Waals surface area contributed by atoms with Crippen molar-refractivity contribution in [1.29, 1.82) is 0 Å². The molecule has 0 radical (unpaired) electrons. The molecule has 0 bridgehead atoms. The van der Waals surface area contributed by atoms with E-state index in [2.05, 4.69) is 37.6 Å². The van der Waals surface area contributed by atoms with Crippen LogP contribution >= 0.6 is 0 Å². The molecule has 0 spiro atoms. The molecule has 1 fully saturated rings. The third-order valence-electron chi connectivity index (χ3n) is 2.89. The average molecular weight is 182 g/mol. The van der Waals surface area contributed by atoms with E-state index in [4.69, 9.17) is 0 Å². The predicted octanol–water partition coefficient (Wildman–Crippen LogP) is 1.63. The van der Waals surface area contributed by atoms with Gasteiger partial charge in [-0.2, -0.15) is 0 Å². The Bertz CT molecular complexity index is 167. The standard InChI is InChI=1S/C11H22N2/c1-5-6-10(3)13-8-9(2)12-7-11(13)4/h5,9-12H,1,6-8H2,2-4H3. The Balaban J connectivity index is 2.49. The summed E-state index contributed by atoms with van der Waals surface area (Å²) in [7, 11) is 0. The van der Waals surface area contributed by atoms with Crippen LogP contribution < -0.4 is 5.32 Å². The number of hydrogen-bond donors (Lipinski definition) is 1. The highest BCUT2D eigenvalue weighted by Gasteiger charge is 2.25. The highest BCUT2D eigenvalue weighted by molar-refractivity contribution is 4.87. The van der Waals surface area contributed by atoms with Gasteiger partial charge in [-0.25, -0.2) is 0 Å². The van der Waals surface area contributed by atoms with E-state index in [1.54, 1.807) is 0 Å². The molecule has 0 aromatic rings. The quantitative estimate of drug-likeness (QED) is 0.667. The monoisotopic (exact) mass is 182 g/mol. The third-order valence-corrected chi connectivity index (χ3v) is 2.89. The first kappa shape index (κ1) is 10.7. The van der Waals surface area contributed by atoms with E-state index in [-0.39, 0.29) is 0 Å². The van der Waals surface area contributed by atoms with Gasteiger partial charge in [0.2, 0.25) is 0 Å². The Morgan fingerprint density at radius 2 is 2.31 bits per heavy atom. The SMILES string of the molecule is C=CCC(C)N1CC(C)NCC1C. The van der Waals surface area contributed by atoms with Gasteiger partial charge in [0.05, 0.1) is 0 Å². The van der Waals surface area contributed by atoms with E-state index in [0.717, 1.165) is 19.5 Å². The highest BCUT2D eigenvalue weighted by Crippen LogP contribution is 2.13. The average Bonchev–Trinajstić information content (AvgIpc) is 2.09. The van der Waals surface area contributed by atoms with Crippen molar-refractivity contribution in [3.63, 3.8) is 0 Å². The zero-order chi connectivity index (χ0) is 9.84. The summed E-state index contributed by atoms with van der Waals surface area (Å²) in [5, 5.41) is 3.49. The minimum Gasteiger partial charge on any atom is -0.311 e. The lowest BCUT2D eigenvalue weighted by Gasteiger charge is -2.41. The van der Waals surface area contributed by atoms with E-state index in [1.165, 1.54) is 0 Å². The summed E-state index contributed by atoms with van der Waals surface area (Å²) in [6.07, 6.45) is 3.11. The minimum absolute atomic E-state index is 0.628. The number of nitrogens with zero attached hydrogens (tertiary/aromatic N) is 1. The van der Waals surface area contributed by atoms with Crippen molar-refractivity contribution in [3.8, 4) is 0 Å². The number of rotatable bonds is 3. The van der Waals surface area contributed by atoms with Crippen LogP contribution in [-0.2, 0) is 0 Å². The summed E-state index contributed by atoms with van der Waals surface area (Å²) >= 11 is 0. The van der Waals surface area contributed by atoms with Gasteiger partial charge >= 0.3 is 0 Å². The van der Waals surface area contributed by atoms with E-state index in [0.29, 0.717) is 18.1 Å². The fourth-order valence-electron chi connectivity index (χ4n) is 2.04. The summed E-state index contributed by atoms with van der Waals surface area (Å²) in [6.45, 7) is 12.9. The first-order valence-electron chi connectivity index (χ1n) is 5.25. The second kappa shape index (κ2) is 4.77. The van der Waals surface area contributed by atoms with Crippen molar-refractivity contribution in [2.75, 3.05) is 13.1 Å². The molecule has 2 nitrogen and oxygen atoms in total. The summed E-state index contributed by atoms with van der Waals surface area (Å²) in [5.41, 5.74) is 0. The second-order valence-corrected chi connectivity index (χ2v) is 4.23. The first-order valence-corrected chi connectivity index (χ1v) is 5.25. The van der Waals surface area contributed by atoms with Crippen LogP contribution in [0, 0.1) is 0 Å². The van der Waals surface area contributed by atoms with Gasteiger partial charge in [-0.15, -0.1) is 6.58 Å². The Morgan fingerprint density at radius 1 is 1.62 bits per heavy atom. The van der Waals surface area contributed by atoms with Crippen molar-refractivity contribution >= 4 is 0 Å². The van der Waals surface area contributed by atoms with Crippen LogP contribution in [0.5, 0.6) is 0 Å². The van der Waals surface area contributed by atoms with Crippen LogP contribution in [-0.4, -0.2) is 36.1 Å². The van der Waals surface area contributed by atoms with Crippen molar-refractivity contribution in [2.45, 2.75) is 45.3 Å². The predicted molar refractivity (Wildman–Crippen MR) is 57.9 cm³/mol. The molecule has 1 aliphatic heterocycles. The normalized spacial score (nSPS) is 32.8. The van der Waals surface area contributed by atoms with Gasteiger partial charge in [-0.05, 0) is 27.2 Å². The molecule has 2 heteroatoms. The van der Waals surface area contributed by atoms with Crippen LogP contribution in [0.3, 0.4) is 0 Å². The topological polar surface area (TPSA) is 15.3 Å². The largest absolute Gasteiger partial charge is 0.311 e. The number of piperazine rings is 1. The zero-order valence-electron chi connectivity index (χ0n) is 9.09. The molecule has 3 atom stereocenters. The summed E-state index contributed by atoms with van der Waals surface area (Å²) < 4.78 is 0. The van der Waals surface area contributed by atoms with E-state index < -0.39 is 0 Å². The van der Waals surface area contributed by atoms with Gasteiger partial charge in [-0.3, -0.25) is 4.90 Å². The molecule has 1 saturated heterocycles. The molecule has 1 N–H and O–H groups in total. The Labute approximate surface area is 82.0 Å². The molecule has 0 aromatic heterocycles. The zero-order valence-corrected chi connectivity index (χ0v) is 9.09. The van der Waals surface area contributed by atoms with Gasteiger partial charge in [0.1, 0.15) is 0 Å². The summed E-state index contributed by atoms with van der Waals surface area (Å²) in [6, 6.07) is 1.92. The third kappa shape index (κ3) is 2.82. The van der Waals surface area contributed by atoms with Crippen LogP contribution in [0.15, 0.2) is 12.7 Å². The van der Waals surface area contributed by atoms with Gasteiger partial charge in [-0.1, -0.05) is 6.08 Å². The molecule has 1 heterocycles. The lowest BCUT2D eigenvalue weighted by Crippen LogP contribution is -2.56. The fourth-order valence-corrected chi connectivity index (χ4v) is 2.04. The van der Waals surface area contributed by atoms with Crippen molar-refractivity contribution in [1.82, 2.24) is 10.2 Å². The van der Waals surface area contributed by atoms with Crippen LogP contribution in [0.2, 0.25) is 0 Å². The lowest BCUT2D eigenvalue weighted by atomic mass is 10.1. The highest BCUT2D eigenvalue weighted by atomic mass is 15.2. The Morgan fingerprint density at radius 3 is 2.92 bits per heavy atom. The van der Waals surface area contributed by atoms with Gasteiger partial charge in [0.15, 0.2) is 0 Å². The molecule has 0 aromatic carbocycles. The molecular formula is C11H22N2.